The van der Waals surface area contributed by atoms with Crippen LogP contribution in [0, 0.1) is 0 Å². The van der Waals surface area contributed by atoms with Crippen LogP contribution in [0.1, 0.15) is 13.3 Å². The van der Waals surface area contributed by atoms with Gasteiger partial charge >= 0.3 is 6.03 Å². The van der Waals surface area contributed by atoms with Crippen LogP contribution in [-0.2, 0) is 4.79 Å². The van der Waals surface area contributed by atoms with Crippen LogP contribution < -0.4 is 5.32 Å². The molecule has 0 radical (unpaired) electrons. The van der Waals surface area contributed by atoms with Crippen molar-refractivity contribution in [3.8, 4) is 0 Å². The number of nitrogens with zero attached hydrogens (tertiary/aromatic N) is 2. The summed E-state index contributed by atoms with van der Waals surface area (Å²) in [7, 11) is 3.93. The maximum absolute atomic E-state index is 11.6. The molecule has 0 aromatic carbocycles. The van der Waals surface area contributed by atoms with Crippen LogP contribution in [0.25, 0.3) is 0 Å². The summed E-state index contributed by atoms with van der Waals surface area (Å²) in [5, 5.41) is 2.49. The molecule has 0 bridgehead atoms. The van der Waals surface area contributed by atoms with Gasteiger partial charge in [0, 0.05) is 0 Å². The zero-order valence-corrected chi connectivity index (χ0v) is 10.1. The van der Waals surface area contributed by atoms with Crippen LogP contribution in [0.5, 0.6) is 0 Å². The number of amides is 3. The number of rotatable bonds is 3. The number of hydrogen-bond donors (Lipinski definition) is 1. The molecule has 6 heteroatoms. The molecule has 1 fully saturated rings. The molecule has 1 N–H and O–H groups in total. The van der Waals surface area contributed by atoms with Crippen molar-refractivity contribution in [1.82, 2.24) is 10.2 Å². The van der Waals surface area contributed by atoms with Crippen molar-refractivity contribution in [3.63, 3.8) is 0 Å². The number of nitrogens with one attached hydrogen (secondary N) is 1. The van der Waals surface area contributed by atoms with Gasteiger partial charge in [-0.2, -0.15) is 0 Å². The summed E-state index contributed by atoms with van der Waals surface area (Å²) in [5.74, 6) is -0.219. The maximum atomic E-state index is 11.6. The summed E-state index contributed by atoms with van der Waals surface area (Å²) >= 11 is 4.80. The Labute approximate surface area is 94.6 Å². The minimum Gasteiger partial charge on any atom is -0.311 e. The van der Waals surface area contributed by atoms with Crippen LogP contribution in [0.2, 0.25) is 0 Å². The summed E-state index contributed by atoms with van der Waals surface area (Å²) < 4.78 is 0.589. The largest absolute Gasteiger partial charge is 0.333 e. The van der Waals surface area contributed by atoms with Gasteiger partial charge in [0.2, 0.25) is 5.91 Å². The molecule has 3 amide bonds. The SMILES string of the molecule is CC[N+](C)(C)CN1C(=O)CC(=S)NC1=O. The highest BCUT2D eigenvalue weighted by molar-refractivity contribution is 7.80. The average Bonchev–Trinajstić information content (AvgIpc) is 2.11. The zero-order valence-electron chi connectivity index (χ0n) is 9.24. The third kappa shape index (κ3) is 2.97. The van der Waals surface area contributed by atoms with Gasteiger partial charge in [-0.05, 0) is 6.92 Å². The minimum absolute atomic E-state index is 0.130. The van der Waals surface area contributed by atoms with Gasteiger partial charge in [-0.1, -0.05) is 12.2 Å². The van der Waals surface area contributed by atoms with Crippen molar-refractivity contribution in [1.29, 1.82) is 0 Å². The lowest BCUT2D eigenvalue weighted by molar-refractivity contribution is -0.895. The Kier molecular flexibility index (Phi) is 3.41. The molecule has 1 aliphatic heterocycles. The van der Waals surface area contributed by atoms with E-state index < -0.39 is 6.03 Å². The zero-order chi connectivity index (χ0) is 11.6. The van der Waals surface area contributed by atoms with E-state index in [1.54, 1.807) is 0 Å². The van der Waals surface area contributed by atoms with Crippen molar-refractivity contribution in [3.05, 3.63) is 0 Å². The van der Waals surface area contributed by atoms with Crippen molar-refractivity contribution < 1.29 is 14.1 Å². The highest BCUT2D eigenvalue weighted by Gasteiger charge is 2.33. The van der Waals surface area contributed by atoms with Gasteiger partial charge in [-0.3, -0.25) is 4.79 Å². The van der Waals surface area contributed by atoms with Crippen molar-refractivity contribution >= 4 is 29.1 Å². The van der Waals surface area contributed by atoms with E-state index in [4.69, 9.17) is 12.2 Å². The van der Waals surface area contributed by atoms with E-state index in [9.17, 15) is 9.59 Å². The molecule has 0 unspecified atom stereocenters. The summed E-state index contributed by atoms with van der Waals surface area (Å²) in [6.07, 6.45) is 0.130. The van der Waals surface area contributed by atoms with E-state index in [0.717, 1.165) is 6.54 Å². The van der Waals surface area contributed by atoms with E-state index in [1.165, 1.54) is 4.90 Å². The number of quaternary nitrogens is 1. The van der Waals surface area contributed by atoms with Gasteiger partial charge < -0.3 is 9.80 Å². The lowest BCUT2D eigenvalue weighted by Crippen LogP contribution is -2.58. The van der Waals surface area contributed by atoms with Crippen LogP contribution in [0.15, 0.2) is 0 Å². The fourth-order valence-electron chi connectivity index (χ4n) is 1.20. The van der Waals surface area contributed by atoms with E-state index in [2.05, 4.69) is 5.32 Å². The van der Waals surface area contributed by atoms with E-state index in [0.29, 0.717) is 16.1 Å². The Hall–Kier alpha value is -1.01. The van der Waals surface area contributed by atoms with Crippen LogP contribution in [-0.4, -0.2) is 53.6 Å². The quantitative estimate of drug-likeness (QED) is 0.561. The van der Waals surface area contributed by atoms with Gasteiger partial charge in [-0.15, -0.1) is 0 Å². The molecule has 15 heavy (non-hydrogen) atoms. The van der Waals surface area contributed by atoms with Gasteiger partial charge in [-0.25, -0.2) is 9.69 Å². The first-order valence-electron chi connectivity index (χ1n) is 4.82. The second-order valence-corrected chi connectivity index (χ2v) is 4.74. The Morgan fingerprint density at radius 1 is 1.47 bits per heavy atom. The highest BCUT2D eigenvalue weighted by Crippen LogP contribution is 2.08. The summed E-state index contributed by atoms with van der Waals surface area (Å²) in [6.45, 7) is 3.24. The highest BCUT2D eigenvalue weighted by atomic mass is 32.1. The number of urea groups is 1. The molecule has 5 nitrogen and oxygen atoms in total. The molecule has 0 aromatic rings. The lowest BCUT2D eigenvalue weighted by Gasteiger charge is -2.35. The molecule has 0 aromatic heterocycles. The third-order valence-electron chi connectivity index (χ3n) is 2.48. The number of thiocarbonyl (C=S) groups is 1. The van der Waals surface area contributed by atoms with E-state index >= 15 is 0 Å². The van der Waals surface area contributed by atoms with Crippen LogP contribution in [0.4, 0.5) is 4.79 Å². The smallest absolute Gasteiger partial charge is 0.311 e. The molecule has 0 spiro atoms. The number of carbonyl (C=O) groups is 2. The average molecular weight is 230 g/mol. The lowest BCUT2D eigenvalue weighted by atomic mass is 10.3. The molecule has 84 valence electrons. The van der Waals surface area contributed by atoms with E-state index in [-0.39, 0.29) is 12.3 Å². The first-order chi connectivity index (χ1) is 6.85. The predicted molar refractivity (Wildman–Crippen MR) is 60.1 cm³/mol. The fraction of sp³-hybridized carbons (Fsp3) is 0.667. The van der Waals surface area contributed by atoms with Gasteiger partial charge in [0.05, 0.1) is 32.0 Å². The third-order valence-corrected chi connectivity index (χ3v) is 2.73. The molecule has 1 aliphatic rings. The second kappa shape index (κ2) is 4.24. The monoisotopic (exact) mass is 230 g/mol. The van der Waals surface area contributed by atoms with E-state index in [1.807, 2.05) is 21.0 Å². The minimum atomic E-state index is -0.407. The molecule has 0 aliphatic carbocycles. The maximum Gasteiger partial charge on any atom is 0.333 e. The molecule has 1 saturated heterocycles. The molecule has 0 atom stereocenters. The number of hydrogen-bond acceptors (Lipinski definition) is 3. The molecule has 1 heterocycles. The van der Waals surface area contributed by atoms with Gasteiger partial charge in [0.25, 0.3) is 0 Å². The summed E-state index contributed by atoms with van der Waals surface area (Å²) in [4.78, 5) is 24.6. The van der Waals surface area contributed by atoms with Crippen molar-refractivity contribution in [2.45, 2.75) is 13.3 Å². The Balaban J connectivity index is 2.73. The molecular formula is C9H16N3O2S+. The second-order valence-electron chi connectivity index (χ2n) is 4.25. The number of imide groups is 1. The summed E-state index contributed by atoms with van der Waals surface area (Å²) in [5.41, 5.74) is 0. The van der Waals surface area contributed by atoms with Crippen LogP contribution >= 0.6 is 12.2 Å². The first-order valence-corrected chi connectivity index (χ1v) is 5.23. The normalized spacial score (nSPS) is 18.1. The Morgan fingerprint density at radius 3 is 2.53 bits per heavy atom. The van der Waals surface area contributed by atoms with Gasteiger partial charge in [0.1, 0.15) is 0 Å². The van der Waals surface area contributed by atoms with Crippen molar-refractivity contribution in [2.75, 3.05) is 27.3 Å². The number of carbonyl (C=O) groups excluding carboxylic acids is 2. The molecule has 0 saturated carbocycles. The Morgan fingerprint density at radius 2 is 2.07 bits per heavy atom. The first kappa shape index (κ1) is 12.1. The van der Waals surface area contributed by atoms with Crippen LogP contribution in [0.3, 0.4) is 0 Å². The van der Waals surface area contributed by atoms with Gasteiger partial charge in [0.15, 0.2) is 6.67 Å². The summed E-state index contributed by atoms with van der Waals surface area (Å²) in [6, 6.07) is -0.407. The van der Waals surface area contributed by atoms with Crippen molar-refractivity contribution in [2.24, 2.45) is 0 Å². The standard InChI is InChI=1S/C9H15N3O2S/c1-4-12(2,3)6-11-8(13)5-7(15)10-9(11)14/h4-6H2,1-3H3/p+1. The predicted octanol–water partition coefficient (Wildman–Crippen LogP) is 0.309. The molecule has 1 rings (SSSR count). The fourth-order valence-corrected chi connectivity index (χ4v) is 1.41. The Bertz CT molecular complexity index is 294. The molecular weight excluding hydrogens is 214 g/mol. The topological polar surface area (TPSA) is 49.4 Å².